The van der Waals surface area contributed by atoms with Gasteiger partial charge in [-0.05, 0) is 24.6 Å². The number of aliphatic imine (C=N–C) groups is 1. The first-order valence-corrected chi connectivity index (χ1v) is 5.35. The van der Waals surface area contributed by atoms with Crippen molar-refractivity contribution in [1.29, 1.82) is 0 Å². The number of hydrogen-bond donors (Lipinski definition) is 0. The van der Waals surface area contributed by atoms with Crippen molar-refractivity contribution >= 4 is 12.0 Å². The Labute approximate surface area is 98.1 Å². The molecule has 1 unspecified atom stereocenters. The Morgan fingerprint density at radius 1 is 1.47 bits per heavy atom. The summed E-state index contributed by atoms with van der Waals surface area (Å²) in [6, 6.07) is 5.83. The molecule has 0 N–H and O–H groups in total. The first-order valence-electron chi connectivity index (χ1n) is 5.35. The van der Waals surface area contributed by atoms with Crippen LogP contribution in [0.3, 0.4) is 0 Å². The van der Waals surface area contributed by atoms with E-state index in [2.05, 4.69) is 4.99 Å². The number of ether oxygens (including phenoxy) is 2. The third-order valence-electron chi connectivity index (χ3n) is 2.37. The van der Waals surface area contributed by atoms with E-state index in [4.69, 9.17) is 9.47 Å². The zero-order chi connectivity index (χ0) is 12.3. The summed E-state index contributed by atoms with van der Waals surface area (Å²) < 4.78 is 23.0. The van der Waals surface area contributed by atoms with E-state index in [0.29, 0.717) is 18.9 Å². The SMILES string of the molecule is CCOC1=NC(=O)OC(c2ccc(F)cc2)C1. The van der Waals surface area contributed by atoms with Crippen molar-refractivity contribution in [2.24, 2.45) is 4.99 Å². The van der Waals surface area contributed by atoms with E-state index in [1.54, 1.807) is 12.1 Å². The van der Waals surface area contributed by atoms with Crippen LogP contribution in [0.2, 0.25) is 0 Å². The topological polar surface area (TPSA) is 47.9 Å². The molecule has 5 heteroatoms. The second-order valence-corrected chi connectivity index (χ2v) is 3.57. The van der Waals surface area contributed by atoms with Gasteiger partial charge in [0, 0.05) is 0 Å². The lowest BCUT2D eigenvalue weighted by Gasteiger charge is -2.21. The summed E-state index contributed by atoms with van der Waals surface area (Å²) in [5.41, 5.74) is 0.729. The highest BCUT2D eigenvalue weighted by atomic mass is 19.1. The second kappa shape index (κ2) is 4.95. The Morgan fingerprint density at radius 2 is 2.18 bits per heavy atom. The second-order valence-electron chi connectivity index (χ2n) is 3.57. The standard InChI is InChI=1S/C12H12FNO3/c1-2-16-11-7-10(17-12(15)14-11)8-3-5-9(13)6-4-8/h3-6,10H,2,7H2,1H3. The molecule has 0 aliphatic carbocycles. The summed E-state index contributed by atoms with van der Waals surface area (Å²) in [5.74, 6) is 0.0349. The maximum atomic E-state index is 12.8. The molecule has 1 aromatic rings. The van der Waals surface area contributed by atoms with Gasteiger partial charge in [0.25, 0.3) is 0 Å². The summed E-state index contributed by atoms with van der Waals surface area (Å²) in [7, 11) is 0. The number of hydrogen-bond acceptors (Lipinski definition) is 3. The Balaban J connectivity index is 2.15. The molecule has 1 atom stereocenters. The molecule has 1 aliphatic rings. The van der Waals surface area contributed by atoms with Crippen LogP contribution in [0.1, 0.15) is 25.0 Å². The smallest absolute Gasteiger partial charge is 0.437 e. The van der Waals surface area contributed by atoms with E-state index >= 15 is 0 Å². The zero-order valence-corrected chi connectivity index (χ0v) is 9.35. The number of cyclic esters (lactones) is 1. The van der Waals surface area contributed by atoms with Gasteiger partial charge in [-0.25, -0.2) is 9.18 Å². The summed E-state index contributed by atoms with van der Waals surface area (Å²) >= 11 is 0. The lowest BCUT2D eigenvalue weighted by atomic mass is 10.1. The molecule has 0 aromatic heterocycles. The van der Waals surface area contributed by atoms with Gasteiger partial charge < -0.3 is 9.47 Å². The van der Waals surface area contributed by atoms with Gasteiger partial charge in [-0.3, -0.25) is 0 Å². The molecule has 90 valence electrons. The van der Waals surface area contributed by atoms with Crippen molar-refractivity contribution in [3.63, 3.8) is 0 Å². The molecule has 1 aliphatic heterocycles. The average Bonchev–Trinajstić information content (AvgIpc) is 2.29. The monoisotopic (exact) mass is 237 g/mol. The normalized spacial score (nSPS) is 19.5. The maximum absolute atomic E-state index is 12.8. The first kappa shape index (κ1) is 11.6. The molecule has 1 amide bonds. The highest BCUT2D eigenvalue weighted by Gasteiger charge is 2.25. The van der Waals surface area contributed by atoms with Crippen LogP contribution in [0.15, 0.2) is 29.3 Å². The van der Waals surface area contributed by atoms with Gasteiger partial charge in [0.1, 0.15) is 11.9 Å². The average molecular weight is 237 g/mol. The summed E-state index contributed by atoms with van der Waals surface area (Å²) in [4.78, 5) is 14.9. The Kier molecular flexibility index (Phi) is 3.37. The highest BCUT2D eigenvalue weighted by Crippen LogP contribution is 2.26. The van der Waals surface area contributed by atoms with Crippen LogP contribution in [0.5, 0.6) is 0 Å². The Hall–Kier alpha value is -1.91. The molecule has 17 heavy (non-hydrogen) atoms. The first-order chi connectivity index (χ1) is 8.19. The fraction of sp³-hybridized carbons (Fsp3) is 0.333. The predicted octanol–water partition coefficient (Wildman–Crippen LogP) is 2.84. The molecule has 0 spiro atoms. The fourth-order valence-corrected chi connectivity index (χ4v) is 1.62. The van der Waals surface area contributed by atoms with Crippen LogP contribution in [-0.2, 0) is 9.47 Å². The molecule has 0 fully saturated rings. The summed E-state index contributed by atoms with van der Waals surface area (Å²) in [6.07, 6.45) is -0.748. The van der Waals surface area contributed by atoms with Crippen LogP contribution >= 0.6 is 0 Å². The van der Waals surface area contributed by atoms with Gasteiger partial charge in [0.15, 0.2) is 5.90 Å². The molecule has 0 saturated carbocycles. The van der Waals surface area contributed by atoms with Crippen molar-refractivity contribution in [2.75, 3.05) is 6.61 Å². The van der Waals surface area contributed by atoms with Crippen LogP contribution in [0.25, 0.3) is 0 Å². The van der Waals surface area contributed by atoms with Gasteiger partial charge in [-0.15, -0.1) is 4.99 Å². The van der Waals surface area contributed by atoms with Gasteiger partial charge >= 0.3 is 6.09 Å². The summed E-state index contributed by atoms with van der Waals surface area (Å²) in [5, 5.41) is 0. The number of nitrogens with zero attached hydrogens (tertiary/aromatic N) is 1. The van der Waals surface area contributed by atoms with E-state index in [1.165, 1.54) is 12.1 Å². The largest absolute Gasteiger partial charge is 0.481 e. The molecule has 1 heterocycles. The number of amides is 1. The van der Waals surface area contributed by atoms with E-state index in [0.717, 1.165) is 5.56 Å². The third-order valence-corrected chi connectivity index (χ3v) is 2.37. The lowest BCUT2D eigenvalue weighted by Crippen LogP contribution is -2.22. The minimum atomic E-state index is -0.672. The molecule has 4 nitrogen and oxygen atoms in total. The number of carbonyl (C=O) groups is 1. The maximum Gasteiger partial charge on any atom is 0.437 e. The molecule has 1 aromatic carbocycles. The van der Waals surface area contributed by atoms with E-state index in [9.17, 15) is 9.18 Å². The van der Waals surface area contributed by atoms with Crippen molar-refractivity contribution in [3.05, 3.63) is 35.6 Å². The molecule has 0 bridgehead atoms. The molecule has 0 saturated heterocycles. The van der Waals surface area contributed by atoms with Gasteiger partial charge in [-0.2, -0.15) is 0 Å². The van der Waals surface area contributed by atoms with E-state index < -0.39 is 12.2 Å². The number of carbonyl (C=O) groups excluding carboxylic acids is 1. The minimum Gasteiger partial charge on any atom is -0.481 e. The Bertz CT molecular complexity index is 442. The summed E-state index contributed by atoms with van der Waals surface area (Å²) in [6.45, 7) is 2.26. The van der Waals surface area contributed by atoms with Gasteiger partial charge in [0.05, 0.1) is 13.0 Å². The van der Waals surface area contributed by atoms with E-state index in [-0.39, 0.29) is 5.82 Å². The van der Waals surface area contributed by atoms with Crippen molar-refractivity contribution in [1.82, 2.24) is 0 Å². The van der Waals surface area contributed by atoms with Crippen LogP contribution in [0, 0.1) is 5.82 Å². The van der Waals surface area contributed by atoms with Gasteiger partial charge in [-0.1, -0.05) is 12.1 Å². The predicted molar refractivity (Wildman–Crippen MR) is 59.3 cm³/mol. The Morgan fingerprint density at radius 3 is 2.82 bits per heavy atom. The van der Waals surface area contributed by atoms with Crippen LogP contribution in [0.4, 0.5) is 9.18 Å². The number of benzene rings is 1. The highest BCUT2D eigenvalue weighted by molar-refractivity contribution is 5.90. The quantitative estimate of drug-likeness (QED) is 0.794. The van der Waals surface area contributed by atoms with Crippen molar-refractivity contribution in [2.45, 2.75) is 19.4 Å². The van der Waals surface area contributed by atoms with Crippen LogP contribution in [-0.4, -0.2) is 18.6 Å². The molecular formula is C12H12FNO3. The van der Waals surface area contributed by atoms with Crippen molar-refractivity contribution in [3.8, 4) is 0 Å². The van der Waals surface area contributed by atoms with Gasteiger partial charge in [0.2, 0.25) is 0 Å². The third kappa shape index (κ3) is 2.81. The molecule has 2 rings (SSSR count). The fourth-order valence-electron chi connectivity index (χ4n) is 1.62. The van der Waals surface area contributed by atoms with E-state index in [1.807, 2.05) is 6.92 Å². The molecule has 0 radical (unpaired) electrons. The lowest BCUT2D eigenvalue weighted by molar-refractivity contribution is 0.0971. The molecular weight excluding hydrogens is 225 g/mol. The number of rotatable bonds is 2. The van der Waals surface area contributed by atoms with Crippen LogP contribution < -0.4 is 0 Å². The minimum absolute atomic E-state index is 0.324. The number of halogens is 1. The van der Waals surface area contributed by atoms with Crippen molar-refractivity contribution < 1.29 is 18.7 Å². The zero-order valence-electron chi connectivity index (χ0n) is 9.35.